The van der Waals surface area contributed by atoms with E-state index in [2.05, 4.69) is 4.98 Å². The van der Waals surface area contributed by atoms with Crippen molar-refractivity contribution in [3.05, 3.63) is 76.6 Å². The van der Waals surface area contributed by atoms with Gasteiger partial charge in [-0.15, -0.1) is 0 Å². The van der Waals surface area contributed by atoms with E-state index >= 15 is 0 Å². The molecule has 0 amide bonds. The number of rotatable bonds is 3. The predicted molar refractivity (Wildman–Crippen MR) is 89.2 cm³/mol. The quantitative estimate of drug-likeness (QED) is 0.804. The van der Waals surface area contributed by atoms with Gasteiger partial charge in [-0.1, -0.05) is 42.5 Å². The number of ether oxygens (including phenoxy) is 1. The lowest BCUT2D eigenvalue weighted by atomic mass is 9.99. The standard InChI is InChI=1S/C19H14N2O2/c1-23-15-9-7-13(8-10-15)16-11-18(14-5-3-2-4-6-14)21-19(22)17(16)12-20/h2-11H,1H3,(H,21,22). The van der Waals surface area contributed by atoms with Gasteiger partial charge in [0.2, 0.25) is 0 Å². The van der Waals surface area contributed by atoms with Crippen molar-refractivity contribution >= 4 is 0 Å². The molecule has 1 N–H and O–H groups in total. The molecule has 112 valence electrons. The van der Waals surface area contributed by atoms with E-state index in [-0.39, 0.29) is 11.1 Å². The summed E-state index contributed by atoms with van der Waals surface area (Å²) < 4.78 is 5.15. The first-order chi connectivity index (χ1) is 11.2. The van der Waals surface area contributed by atoms with Crippen LogP contribution in [0.3, 0.4) is 0 Å². The van der Waals surface area contributed by atoms with Gasteiger partial charge in [0, 0.05) is 11.3 Å². The Balaban J connectivity index is 2.20. The maximum absolute atomic E-state index is 12.3. The van der Waals surface area contributed by atoms with Crippen LogP contribution in [0.4, 0.5) is 0 Å². The van der Waals surface area contributed by atoms with Crippen molar-refractivity contribution in [1.29, 1.82) is 5.26 Å². The third-order valence-electron chi connectivity index (χ3n) is 3.63. The van der Waals surface area contributed by atoms with Crippen molar-refractivity contribution in [2.75, 3.05) is 7.11 Å². The molecule has 2 aromatic carbocycles. The van der Waals surface area contributed by atoms with Crippen LogP contribution in [0.25, 0.3) is 22.4 Å². The molecule has 23 heavy (non-hydrogen) atoms. The van der Waals surface area contributed by atoms with Crippen molar-refractivity contribution in [3.8, 4) is 34.2 Å². The van der Waals surface area contributed by atoms with Gasteiger partial charge in [0.05, 0.1) is 7.11 Å². The maximum Gasteiger partial charge on any atom is 0.266 e. The Bertz CT molecular complexity index is 920. The first kappa shape index (κ1) is 14.6. The minimum Gasteiger partial charge on any atom is -0.497 e. The van der Waals surface area contributed by atoms with E-state index in [1.54, 1.807) is 19.2 Å². The van der Waals surface area contributed by atoms with E-state index in [4.69, 9.17) is 4.74 Å². The zero-order chi connectivity index (χ0) is 16.2. The Labute approximate surface area is 133 Å². The van der Waals surface area contributed by atoms with Crippen LogP contribution in [-0.2, 0) is 0 Å². The molecule has 0 bridgehead atoms. The molecule has 0 atom stereocenters. The number of methoxy groups -OCH3 is 1. The molecule has 0 spiro atoms. The van der Waals surface area contributed by atoms with E-state index in [1.807, 2.05) is 54.6 Å². The molecule has 4 nitrogen and oxygen atoms in total. The van der Waals surface area contributed by atoms with E-state index < -0.39 is 0 Å². The van der Waals surface area contributed by atoms with Crippen LogP contribution in [0.5, 0.6) is 5.75 Å². The SMILES string of the molecule is COc1ccc(-c2cc(-c3ccccc3)[nH]c(=O)c2C#N)cc1. The molecular weight excluding hydrogens is 288 g/mol. The van der Waals surface area contributed by atoms with Crippen LogP contribution < -0.4 is 10.3 Å². The summed E-state index contributed by atoms with van der Waals surface area (Å²) in [5.41, 5.74) is 2.70. The van der Waals surface area contributed by atoms with Crippen LogP contribution in [0.15, 0.2) is 65.5 Å². The Kier molecular flexibility index (Phi) is 3.94. The number of hydrogen-bond acceptors (Lipinski definition) is 3. The number of benzene rings is 2. The number of hydrogen-bond donors (Lipinski definition) is 1. The highest BCUT2D eigenvalue weighted by molar-refractivity contribution is 5.75. The van der Waals surface area contributed by atoms with Gasteiger partial charge in [0.15, 0.2) is 0 Å². The molecule has 0 radical (unpaired) electrons. The first-order valence-electron chi connectivity index (χ1n) is 7.10. The lowest BCUT2D eigenvalue weighted by Crippen LogP contribution is -2.12. The fraction of sp³-hybridized carbons (Fsp3) is 0.0526. The second kappa shape index (κ2) is 6.20. The molecule has 0 aliphatic heterocycles. The summed E-state index contributed by atoms with van der Waals surface area (Å²) in [7, 11) is 1.59. The van der Waals surface area contributed by atoms with Gasteiger partial charge < -0.3 is 9.72 Å². The van der Waals surface area contributed by atoms with Gasteiger partial charge in [-0.3, -0.25) is 4.79 Å². The third kappa shape index (κ3) is 2.85. The Morgan fingerprint density at radius 1 is 1.00 bits per heavy atom. The van der Waals surface area contributed by atoms with E-state index in [1.165, 1.54) is 0 Å². The van der Waals surface area contributed by atoms with E-state index in [0.29, 0.717) is 11.3 Å². The smallest absolute Gasteiger partial charge is 0.266 e. The minimum atomic E-state index is -0.389. The summed E-state index contributed by atoms with van der Waals surface area (Å²) in [5.74, 6) is 0.723. The largest absolute Gasteiger partial charge is 0.497 e. The topological polar surface area (TPSA) is 65.9 Å². The lowest BCUT2D eigenvalue weighted by Gasteiger charge is -2.09. The highest BCUT2D eigenvalue weighted by Crippen LogP contribution is 2.27. The fourth-order valence-corrected chi connectivity index (χ4v) is 2.44. The van der Waals surface area contributed by atoms with Gasteiger partial charge in [0.25, 0.3) is 5.56 Å². The molecule has 3 rings (SSSR count). The van der Waals surface area contributed by atoms with Crippen molar-refractivity contribution in [2.45, 2.75) is 0 Å². The Morgan fingerprint density at radius 3 is 2.30 bits per heavy atom. The highest BCUT2D eigenvalue weighted by Gasteiger charge is 2.12. The van der Waals surface area contributed by atoms with Crippen LogP contribution in [0, 0.1) is 11.3 Å². The Morgan fingerprint density at radius 2 is 1.70 bits per heavy atom. The summed E-state index contributed by atoms with van der Waals surface area (Å²) in [6.45, 7) is 0. The maximum atomic E-state index is 12.3. The zero-order valence-electron chi connectivity index (χ0n) is 12.5. The van der Waals surface area contributed by atoms with Gasteiger partial charge in [-0.2, -0.15) is 5.26 Å². The van der Waals surface area contributed by atoms with Crippen LogP contribution >= 0.6 is 0 Å². The highest BCUT2D eigenvalue weighted by atomic mass is 16.5. The Hall–Kier alpha value is -3.32. The average molecular weight is 302 g/mol. The molecule has 1 aromatic heterocycles. The van der Waals surface area contributed by atoms with Gasteiger partial charge in [-0.05, 0) is 29.3 Å². The van der Waals surface area contributed by atoms with Crippen LogP contribution in [-0.4, -0.2) is 12.1 Å². The fourth-order valence-electron chi connectivity index (χ4n) is 2.44. The van der Waals surface area contributed by atoms with Crippen molar-refractivity contribution in [3.63, 3.8) is 0 Å². The number of aromatic amines is 1. The summed E-state index contributed by atoms with van der Waals surface area (Å²) in [4.78, 5) is 15.0. The predicted octanol–water partition coefficient (Wildman–Crippen LogP) is 3.59. The summed E-state index contributed by atoms with van der Waals surface area (Å²) in [6.07, 6.45) is 0. The summed E-state index contributed by atoms with van der Waals surface area (Å²) in [6, 6.07) is 20.6. The van der Waals surface area contributed by atoms with Gasteiger partial charge in [-0.25, -0.2) is 0 Å². The number of nitriles is 1. The number of aromatic nitrogens is 1. The van der Waals surface area contributed by atoms with Crippen LogP contribution in [0.1, 0.15) is 5.56 Å². The average Bonchev–Trinajstić information content (AvgIpc) is 2.62. The molecule has 3 aromatic rings. The number of nitrogens with one attached hydrogen (secondary N) is 1. The molecule has 0 aliphatic rings. The van der Waals surface area contributed by atoms with Gasteiger partial charge >= 0.3 is 0 Å². The van der Waals surface area contributed by atoms with E-state index in [0.717, 1.165) is 16.9 Å². The molecule has 0 unspecified atom stereocenters. The van der Waals surface area contributed by atoms with Crippen molar-refractivity contribution in [1.82, 2.24) is 4.98 Å². The monoisotopic (exact) mass is 302 g/mol. The second-order valence-corrected chi connectivity index (χ2v) is 5.01. The van der Waals surface area contributed by atoms with Crippen LogP contribution in [0.2, 0.25) is 0 Å². The molecule has 0 saturated carbocycles. The normalized spacial score (nSPS) is 10.1. The molecule has 0 aliphatic carbocycles. The minimum absolute atomic E-state index is 0.106. The molecule has 4 heteroatoms. The molecule has 0 fully saturated rings. The van der Waals surface area contributed by atoms with E-state index in [9.17, 15) is 10.1 Å². The summed E-state index contributed by atoms with van der Waals surface area (Å²) in [5, 5.41) is 9.33. The zero-order valence-corrected chi connectivity index (χ0v) is 12.5. The number of pyridine rings is 1. The third-order valence-corrected chi connectivity index (χ3v) is 3.63. The number of nitrogens with zero attached hydrogens (tertiary/aromatic N) is 1. The van der Waals surface area contributed by atoms with Crippen molar-refractivity contribution < 1.29 is 4.74 Å². The summed E-state index contributed by atoms with van der Waals surface area (Å²) >= 11 is 0. The molecular formula is C19H14N2O2. The second-order valence-electron chi connectivity index (χ2n) is 5.01. The molecule has 1 heterocycles. The number of H-pyrrole nitrogens is 1. The lowest BCUT2D eigenvalue weighted by molar-refractivity contribution is 0.415. The molecule has 0 saturated heterocycles. The van der Waals surface area contributed by atoms with Gasteiger partial charge in [0.1, 0.15) is 17.4 Å². The first-order valence-corrected chi connectivity index (χ1v) is 7.10. The van der Waals surface area contributed by atoms with Crippen molar-refractivity contribution in [2.24, 2.45) is 0 Å².